The van der Waals surface area contributed by atoms with Gasteiger partial charge in [0.1, 0.15) is 5.56 Å². The van der Waals surface area contributed by atoms with Gasteiger partial charge in [-0.3, -0.25) is 9.59 Å². The van der Waals surface area contributed by atoms with Crippen LogP contribution >= 0.6 is 0 Å². The highest BCUT2D eigenvalue weighted by Gasteiger charge is 2.30. The molecule has 0 atom stereocenters. The molecule has 1 amide bonds. The molecular weight excluding hydrogens is 358 g/mol. The molecule has 1 aliphatic heterocycles. The van der Waals surface area contributed by atoms with E-state index in [1.54, 1.807) is 30.9 Å². The van der Waals surface area contributed by atoms with Crippen LogP contribution in [0.25, 0.3) is 0 Å². The van der Waals surface area contributed by atoms with Gasteiger partial charge in [-0.1, -0.05) is 0 Å². The van der Waals surface area contributed by atoms with E-state index >= 15 is 0 Å². The van der Waals surface area contributed by atoms with Gasteiger partial charge in [0.2, 0.25) is 0 Å². The van der Waals surface area contributed by atoms with Crippen LogP contribution in [-0.4, -0.2) is 63.8 Å². The van der Waals surface area contributed by atoms with Gasteiger partial charge in [0.15, 0.2) is 5.03 Å². The fraction of sp³-hybridized carbons (Fsp3) is 0.438. The van der Waals surface area contributed by atoms with Gasteiger partial charge in [-0.05, 0) is 18.6 Å². The molecule has 0 radical (unpaired) electrons. The minimum atomic E-state index is -3.70. The van der Waals surface area contributed by atoms with Gasteiger partial charge >= 0.3 is 0 Å². The number of aromatic nitrogens is 3. The van der Waals surface area contributed by atoms with E-state index in [-0.39, 0.29) is 35.1 Å². The van der Waals surface area contributed by atoms with Gasteiger partial charge in [-0.15, -0.1) is 0 Å². The van der Waals surface area contributed by atoms with E-state index in [0.29, 0.717) is 19.5 Å². The molecule has 0 saturated carbocycles. The van der Waals surface area contributed by atoms with E-state index in [2.05, 4.69) is 4.98 Å². The highest BCUT2D eigenvalue weighted by molar-refractivity contribution is 7.89. The Morgan fingerprint density at radius 3 is 2.62 bits per heavy atom. The van der Waals surface area contributed by atoms with Crippen LogP contribution in [-0.2, 0) is 24.1 Å². The fourth-order valence-electron chi connectivity index (χ4n) is 2.92. The van der Waals surface area contributed by atoms with Crippen molar-refractivity contribution in [2.75, 3.05) is 26.2 Å². The average molecular weight is 379 g/mol. The van der Waals surface area contributed by atoms with Crippen molar-refractivity contribution in [2.45, 2.75) is 11.4 Å². The molecule has 0 spiro atoms. The highest BCUT2D eigenvalue weighted by Crippen LogP contribution is 2.16. The summed E-state index contributed by atoms with van der Waals surface area (Å²) in [6, 6.07) is 3.14. The Bertz CT molecular complexity index is 979. The van der Waals surface area contributed by atoms with Crippen LogP contribution in [0.2, 0.25) is 0 Å². The molecular formula is C16H21N5O4S. The van der Waals surface area contributed by atoms with Gasteiger partial charge in [0, 0.05) is 52.7 Å². The van der Waals surface area contributed by atoms with E-state index in [0.717, 1.165) is 0 Å². The SMILES string of the molecule is Cn1cnc(S(=O)(=O)N2CCCN(C(=O)c3cccn(C)c3=O)CC2)c1. The lowest BCUT2D eigenvalue weighted by molar-refractivity contribution is 0.0762. The van der Waals surface area contributed by atoms with Crippen LogP contribution < -0.4 is 5.56 Å². The van der Waals surface area contributed by atoms with E-state index < -0.39 is 10.0 Å². The molecule has 2 aromatic rings. The summed E-state index contributed by atoms with van der Waals surface area (Å²) in [5.74, 6) is -0.372. The predicted molar refractivity (Wildman–Crippen MR) is 94.2 cm³/mol. The number of imidazole rings is 1. The summed E-state index contributed by atoms with van der Waals surface area (Å²) >= 11 is 0. The van der Waals surface area contributed by atoms with Gasteiger partial charge in [0.05, 0.1) is 6.33 Å². The van der Waals surface area contributed by atoms with Crippen molar-refractivity contribution in [1.82, 2.24) is 23.3 Å². The van der Waals surface area contributed by atoms with Crippen LogP contribution in [0.4, 0.5) is 0 Å². The maximum Gasteiger partial charge on any atom is 0.263 e. The number of hydrogen-bond acceptors (Lipinski definition) is 5. The Kier molecular flexibility index (Phi) is 4.97. The number of amides is 1. The molecule has 0 unspecified atom stereocenters. The van der Waals surface area contributed by atoms with E-state index in [1.165, 1.54) is 32.4 Å². The molecule has 0 aromatic carbocycles. The molecule has 140 valence electrons. The Balaban J connectivity index is 1.77. The fourth-order valence-corrected chi connectivity index (χ4v) is 4.36. The lowest BCUT2D eigenvalue weighted by atomic mass is 10.2. The van der Waals surface area contributed by atoms with Crippen LogP contribution in [0.5, 0.6) is 0 Å². The third kappa shape index (κ3) is 3.42. The first-order valence-corrected chi connectivity index (χ1v) is 9.68. The molecule has 10 heteroatoms. The maximum absolute atomic E-state index is 12.7. The lowest BCUT2D eigenvalue weighted by Gasteiger charge is -2.21. The molecule has 9 nitrogen and oxygen atoms in total. The normalized spacial score (nSPS) is 16.5. The topological polar surface area (TPSA) is 97.5 Å². The van der Waals surface area contributed by atoms with Crippen LogP contribution in [0.15, 0.2) is 40.7 Å². The Morgan fingerprint density at radius 1 is 1.15 bits per heavy atom. The Labute approximate surface area is 151 Å². The van der Waals surface area contributed by atoms with Gasteiger partial charge in [0.25, 0.3) is 21.5 Å². The quantitative estimate of drug-likeness (QED) is 0.726. The second-order valence-electron chi connectivity index (χ2n) is 6.27. The molecule has 26 heavy (non-hydrogen) atoms. The Morgan fingerprint density at radius 2 is 1.92 bits per heavy atom. The van der Waals surface area contributed by atoms with Gasteiger partial charge in [-0.25, -0.2) is 13.4 Å². The monoisotopic (exact) mass is 379 g/mol. The zero-order chi connectivity index (χ0) is 18.9. The summed E-state index contributed by atoms with van der Waals surface area (Å²) in [5, 5.41) is -0.00305. The summed E-state index contributed by atoms with van der Waals surface area (Å²) in [6.45, 7) is 1.08. The molecule has 0 bridgehead atoms. The molecule has 3 rings (SSSR count). The number of rotatable bonds is 3. The molecule has 0 aliphatic carbocycles. The van der Waals surface area contributed by atoms with Crippen molar-refractivity contribution in [3.63, 3.8) is 0 Å². The summed E-state index contributed by atoms with van der Waals surface area (Å²) < 4.78 is 29.6. The third-order valence-electron chi connectivity index (χ3n) is 4.38. The standard InChI is InChI=1S/C16H21N5O4S/c1-18-11-14(17-12-18)26(24,25)21-8-4-7-20(9-10-21)16(23)13-5-3-6-19(2)15(13)22/h3,5-6,11-12H,4,7-10H2,1-2H3. The van der Waals surface area contributed by atoms with Crippen molar-refractivity contribution in [2.24, 2.45) is 14.1 Å². The first-order valence-electron chi connectivity index (χ1n) is 8.24. The largest absolute Gasteiger partial charge is 0.339 e. The second-order valence-corrected chi connectivity index (χ2v) is 8.15. The van der Waals surface area contributed by atoms with Crippen molar-refractivity contribution >= 4 is 15.9 Å². The summed E-state index contributed by atoms with van der Waals surface area (Å²) in [5.41, 5.74) is -0.268. The number of pyridine rings is 1. The molecule has 2 aromatic heterocycles. The highest BCUT2D eigenvalue weighted by atomic mass is 32.2. The molecule has 1 fully saturated rings. The van der Waals surface area contributed by atoms with E-state index in [9.17, 15) is 18.0 Å². The first-order chi connectivity index (χ1) is 12.3. The summed E-state index contributed by atoms with van der Waals surface area (Å²) in [6.07, 6.45) is 4.97. The lowest BCUT2D eigenvalue weighted by Crippen LogP contribution is -2.39. The second kappa shape index (κ2) is 7.04. The van der Waals surface area contributed by atoms with Crippen LogP contribution in [0, 0.1) is 0 Å². The number of aryl methyl sites for hydroxylation is 2. The van der Waals surface area contributed by atoms with Crippen LogP contribution in [0.3, 0.4) is 0 Å². The van der Waals surface area contributed by atoms with Crippen molar-refractivity contribution in [3.05, 3.63) is 46.8 Å². The van der Waals surface area contributed by atoms with E-state index in [1.807, 2.05) is 0 Å². The third-order valence-corrected chi connectivity index (χ3v) is 6.17. The molecule has 1 aliphatic rings. The van der Waals surface area contributed by atoms with Gasteiger partial charge in [-0.2, -0.15) is 4.31 Å². The number of nitrogens with zero attached hydrogens (tertiary/aromatic N) is 5. The van der Waals surface area contributed by atoms with Crippen molar-refractivity contribution in [1.29, 1.82) is 0 Å². The van der Waals surface area contributed by atoms with Gasteiger partial charge < -0.3 is 14.0 Å². The first kappa shape index (κ1) is 18.3. The smallest absolute Gasteiger partial charge is 0.263 e. The zero-order valence-corrected chi connectivity index (χ0v) is 15.5. The number of carbonyl (C=O) groups excluding carboxylic acids is 1. The number of carbonyl (C=O) groups is 1. The van der Waals surface area contributed by atoms with Crippen molar-refractivity contribution < 1.29 is 13.2 Å². The number of hydrogen-bond donors (Lipinski definition) is 0. The Hall–Kier alpha value is -2.46. The minimum Gasteiger partial charge on any atom is -0.339 e. The summed E-state index contributed by atoms with van der Waals surface area (Å²) in [4.78, 5) is 30.3. The molecule has 0 N–H and O–H groups in total. The van der Waals surface area contributed by atoms with Crippen molar-refractivity contribution in [3.8, 4) is 0 Å². The molecule has 1 saturated heterocycles. The average Bonchev–Trinajstić information content (AvgIpc) is 2.90. The number of sulfonamides is 1. The molecule has 3 heterocycles. The summed E-state index contributed by atoms with van der Waals surface area (Å²) in [7, 11) is -0.406. The van der Waals surface area contributed by atoms with E-state index in [4.69, 9.17) is 0 Å². The predicted octanol–water partition coefficient (Wildman–Crippen LogP) is -0.344. The zero-order valence-electron chi connectivity index (χ0n) is 14.7. The van der Waals surface area contributed by atoms with Crippen LogP contribution in [0.1, 0.15) is 16.8 Å². The minimum absolute atomic E-state index is 0.00305. The maximum atomic E-state index is 12.7.